The molecule has 3 aromatic rings. The summed E-state index contributed by atoms with van der Waals surface area (Å²) >= 11 is 0. The lowest BCUT2D eigenvalue weighted by molar-refractivity contribution is -0.119. The smallest absolute Gasteiger partial charge is 0.276 e. The summed E-state index contributed by atoms with van der Waals surface area (Å²) in [6, 6.07) is 9.86. The molecule has 9 nitrogen and oxygen atoms in total. The summed E-state index contributed by atoms with van der Waals surface area (Å²) in [6.07, 6.45) is 1.29. The van der Waals surface area contributed by atoms with Crippen LogP contribution >= 0.6 is 0 Å². The van der Waals surface area contributed by atoms with E-state index in [9.17, 15) is 9.59 Å². The Labute approximate surface area is 166 Å². The number of hydrogen-bond acceptors (Lipinski definition) is 7. The number of nitrogens with zero attached hydrogens (tertiary/aromatic N) is 3. The van der Waals surface area contributed by atoms with E-state index in [4.69, 9.17) is 13.8 Å². The lowest BCUT2D eigenvalue weighted by Crippen LogP contribution is -2.43. The quantitative estimate of drug-likeness (QED) is 0.706. The molecule has 1 fully saturated rings. The fraction of sp³-hybridized carbons (Fsp3) is 0.300. The zero-order valence-electron chi connectivity index (χ0n) is 16.0. The predicted molar refractivity (Wildman–Crippen MR) is 102 cm³/mol. The number of likely N-dealkylation sites (tertiary alicyclic amines) is 1. The van der Waals surface area contributed by atoms with Gasteiger partial charge in [-0.05, 0) is 31.9 Å². The molecule has 0 aliphatic carbocycles. The molecule has 1 saturated heterocycles. The van der Waals surface area contributed by atoms with Crippen molar-refractivity contribution in [3.8, 4) is 17.1 Å². The molecule has 0 bridgehead atoms. The van der Waals surface area contributed by atoms with Crippen molar-refractivity contribution in [2.24, 2.45) is 0 Å². The molecular weight excluding hydrogens is 376 g/mol. The van der Waals surface area contributed by atoms with Gasteiger partial charge in [0.1, 0.15) is 17.6 Å². The maximum Gasteiger partial charge on any atom is 0.276 e. The monoisotopic (exact) mass is 396 g/mol. The van der Waals surface area contributed by atoms with E-state index in [0.717, 1.165) is 12.0 Å². The fourth-order valence-electron chi connectivity index (χ4n) is 3.35. The number of hydrogen-bond donors (Lipinski definition) is 1. The largest absolute Gasteiger partial charge is 0.497 e. The molecule has 2 amide bonds. The second kappa shape index (κ2) is 7.78. The SMILES string of the molecule is COc1cccc(-c2cc(C(=O)N3CCC[C@H]3C(=O)Nc3cc(C)on3)no2)c1. The number of rotatable bonds is 5. The van der Waals surface area contributed by atoms with Gasteiger partial charge in [0.25, 0.3) is 5.91 Å². The van der Waals surface area contributed by atoms with Crippen molar-refractivity contribution >= 4 is 17.6 Å². The minimum atomic E-state index is -0.600. The van der Waals surface area contributed by atoms with Crippen LogP contribution in [0.15, 0.2) is 45.4 Å². The minimum absolute atomic E-state index is 0.153. The van der Waals surface area contributed by atoms with Gasteiger partial charge in [0.05, 0.1) is 7.11 Å². The van der Waals surface area contributed by atoms with Crippen molar-refractivity contribution in [2.75, 3.05) is 19.0 Å². The van der Waals surface area contributed by atoms with Crippen molar-refractivity contribution in [1.82, 2.24) is 15.2 Å². The highest BCUT2D eigenvalue weighted by Gasteiger charge is 2.36. The summed E-state index contributed by atoms with van der Waals surface area (Å²) in [5.41, 5.74) is 0.896. The van der Waals surface area contributed by atoms with Gasteiger partial charge in [-0.1, -0.05) is 22.4 Å². The third-order valence-corrected chi connectivity index (χ3v) is 4.78. The van der Waals surface area contributed by atoms with Gasteiger partial charge in [-0.25, -0.2) is 0 Å². The van der Waals surface area contributed by atoms with Gasteiger partial charge in [0.15, 0.2) is 17.3 Å². The molecule has 0 unspecified atom stereocenters. The molecule has 1 aliphatic rings. The average Bonchev–Trinajstić information content (AvgIpc) is 3.48. The molecule has 2 aromatic heterocycles. The van der Waals surface area contributed by atoms with Gasteiger partial charge >= 0.3 is 0 Å². The van der Waals surface area contributed by atoms with Crippen molar-refractivity contribution in [3.05, 3.63) is 47.9 Å². The maximum atomic E-state index is 13.0. The first-order valence-electron chi connectivity index (χ1n) is 9.21. The third kappa shape index (κ3) is 3.84. The molecule has 4 rings (SSSR count). The van der Waals surface area contributed by atoms with E-state index in [2.05, 4.69) is 15.6 Å². The number of methoxy groups -OCH3 is 1. The topological polar surface area (TPSA) is 111 Å². The highest BCUT2D eigenvalue weighted by atomic mass is 16.5. The summed E-state index contributed by atoms with van der Waals surface area (Å²) in [6.45, 7) is 2.20. The van der Waals surface area contributed by atoms with Crippen LogP contribution < -0.4 is 10.1 Å². The third-order valence-electron chi connectivity index (χ3n) is 4.78. The molecule has 1 aromatic carbocycles. The average molecular weight is 396 g/mol. The summed E-state index contributed by atoms with van der Waals surface area (Å²) in [7, 11) is 1.58. The first kappa shape index (κ1) is 18.7. The predicted octanol–water partition coefficient (Wildman–Crippen LogP) is 2.89. The zero-order chi connectivity index (χ0) is 20.4. The van der Waals surface area contributed by atoms with Crippen LogP contribution in [-0.4, -0.2) is 46.7 Å². The fourth-order valence-corrected chi connectivity index (χ4v) is 3.35. The Morgan fingerprint density at radius 2 is 2.07 bits per heavy atom. The normalized spacial score (nSPS) is 16.1. The molecule has 1 aliphatic heterocycles. The number of nitrogens with one attached hydrogen (secondary N) is 1. The van der Waals surface area contributed by atoms with Crippen LogP contribution in [-0.2, 0) is 4.79 Å². The second-order valence-electron chi connectivity index (χ2n) is 6.78. The van der Waals surface area contributed by atoms with Gasteiger partial charge in [0, 0.05) is 24.2 Å². The van der Waals surface area contributed by atoms with Crippen LogP contribution in [0, 0.1) is 6.92 Å². The molecular formula is C20H20N4O5. The molecule has 150 valence electrons. The summed E-state index contributed by atoms with van der Waals surface area (Å²) in [5.74, 6) is 1.38. The van der Waals surface area contributed by atoms with E-state index in [1.54, 1.807) is 32.2 Å². The second-order valence-corrected chi connectivity index (χ2v) is 6.78. The molecule has 9 heteroatoms. The first-order chi connectivity index (χ1) is 14.0. The molecule has 29 heavy (non-hydrogen) atoms. The van der Waals surface area contributed by atoms with Gasteiger partial charge in [-0.3, -0.25) is 9.59 Å². The number of anilines is 1. The van der Waals surface area contributed by atoms with Crippen LogP contribution in [0.1, 0.15) is 29.1 Å². The van der Waals surface area contributed by atoms with Crippen LogP contribution in [0.4, 0.5) is 5.82 Å². The van der Waals surface area contributed by atoms with Crippen molar-refractivity contribution in [2.45, 2.75) is 25.8 Å². The Morgan fingerprint density at radius 1 is 1.21 bits per heavy atom. The highest BCUT2D eigenvalue weighted by molar-refractivity contribution is 6.00. The van der Waals surface area contributed by atoms with Crippen LogP contribution in [0.2, 0.25) is 0 Å². The number of carbonyl (C=O) groups excluding carboxylic acids is 2. The Kier molecular flexibility index (Phi) is 5.03. The Hall–Kier alpha value is -3.62. The number of ether oxygens (including phenoxy) is 1. The Bertz CT molecular complexity index is 1040. The summed E-state index contributed by atoms with van der Waals surface area (Å²) in [4.78, 5) is 27.1. The standard InChI is InChI=1S/C20H20N4O5/c1-12-9-18(23-28-12)21-19(25)16-7-4-8-24(16)20(26)15-11-17(29-22-15)13-5-3-6-14(10-13)27-2/h3,5-6,9-11,16H,4,7-8H2,1-2H3,(H,21,23,25)/t16-/m0/s1. The molecule has 0 spiro atoms. The number of amides is 2. The molecule has 3 heterocycles. The van der Waals surface area contributed by atoms with Crippen LogP contribution in [0.5, 0.6) is 5.75 Å². The molecule has 1 atom stereocenters. The number of benzene rings is 1. The van der Waals surface area contributed by atoms with E-state index in [0.29, 0.717) is 36.1 Å². The van der Waals surface area contributed by atoms with E-state index in [-0.39, 0.29) is 17.5 Å². The molecule has 1 N–H and O–H groups in total. The van der Waals surface area contributed by atoms with Gasteiger partial charge in [-0.15, -0.1) is 0 Å². The molecule has 0 saturated carbocycles. The van der Waals surface area contributed by atoms with E-state index in [1.807, 2.05) is 18.2 Å². The van der Waals surface area contributed by atoms with E-state index in [1.165, 1.54) is 4.90 Å². The van der Waals surface area contributed by atoms with Crippen molar-refractivity contribution < 1.29 is 23.4 Å². The van der Waals surface area contributed by atoms with Crippen LogP contribution in [0.25, 0.3) is 11.3 Å². The summed E-state index contributed by atoms with van der Waals surface area (Å²) < 4.78 is 15.5. The van der Waals surface area contributed by atoms with Gasteiger partial charge in [0.2, 0.25) is 5.91 Å². The van der Waals surface area contributed by atoms with E-state index < -0.39 is 6.04 Å². The highest BCUT2D eigenvalue weighted by Crippen LogP contribution is 2.26. The first-order valence-corrected chi connectivity index (χ1v) is 9.21. The van der Waals surface area contributed by atoms with Crippen LogP contribution in [0.3, 0.4) is 0 Å². The lowest BCUT2D eigenvalue weighted by atomic mass is 10.1. The van der Waals surface area contributed by atoms with Gasteiger partial charge in [-0.2, -0.15) is 0 Å². The number of carbonyl (C=O) groups is 2. The van der Waals surface area contributed by atoms with Crippen molar-refractivity contribution in [3.63, 3.8) is 0 Å². The number of aryl methyl sites for hydroxylation is 1. The molecule has 0 radical (unpaired) electrons. The lowest BCUT2D eigenvalue weighted by Gasteiger charge is -2.22. The Balaban J connectivity index is 1.49. The van der Waals surface area contributed by atoms with Crippen molar-refractivity contribution in [1.29, 1.82) is 0 Å². The van der Waals surface area contributed by atoms with E-state index >= 15 is 0 Å². The zero-order valence-corrected chi connectivity index (χ0v) is 16.0. The summed E-state index contributed by atoms with van der Waals surface area (Å²) in [5, 5.41) is 10.4. The Morgan fingerprint density at radius 3 is 2.83 bits per heavy atom. The van der Waals surface area contributed by atoms with Gasteiger partial charge < -0.3 is 24.0 Å². The minimum Gasteiger partial charge on any atom is -0.497 e. The maximum absolute atomic E-state index is 13.0. The number of aromatic nitrogens is 2.